The summed E-state index contributed by atoms with van der Waals surface area (Å²) in [4.78, 5) is 0. The highest BCUT2D eigenvalue weighted by Gasteiger charge is 2.29. The van der Waals surface area contributed by atoms with Crippen LogP contribution in [0.25, 0.3) is 0 Å². The van der Waals surface area contributed by atoms with E-state index in [0.717, 1.165) is 5.75 Å². The number of nitrogens with two attached hydrogens (primary N) is 1. The molecule has 2 N–H and O–H groups in total. The summed E-state index contributed by atoms with van der Waals surface area (Å²) in [5.41, 5.74) is 8.58. The third kappa shape index (κ3) is 3.74. The van der Waals surface area contributed by atoms with Crippen molar-refractivity contribution < 1.29 is 4.74 Å². The molecule has 0 saturated heterocycles. The minimum absolute atomic E-state index is 0.0107. The summed E-state index contributed by atoms with van der Waals surface area (Å²) in [6, 6.07) is 6.20. The van der Waals surface area contributed by atoms with E-state index < -0.39 is 0 Å². The van der Waals surface area contributed by atoms with Gasteiger partial charge in [-0.3, -0.25) is 0 Å². The van der Waals surface area contributed by atoms with Crippen molar-refractivity contribution in [3.8, 4) is 5.75 Å². The molecular weight excluding hydrogens is 210 g/mol. The number of rotatable bonds is 3. The number of aryl methyl sites for hydroxylation is 2. The Morgan fingerprint density at radius 3 is 2.12 bits per heavy atom. The van der Waals surface area contributed by atoms with Crippen LogP contribution in [-0.2, 0) is 0 Å². The minimum Gasteiger partial charge on any atom is -0.488 e. The van der Waals surface area contributed by atoms with E-state index in [1.54, 1.807) is 0 Å². The molecule has 0 saturated carbocycles. The van der Waals surface area contributed by atoms with Gasteiger partial charge in [-0.1, -0.05) is 26.8 Å². The van der Waals surface area contributed by atoms with Crippen molar-refractivity contribution in [1.82, 2.24) is 0 Å². The van der Waals surface area contributed by atoms with Gasteiger partial charge < -0.3 is 10.5 Å². The number of benzene rings is 1. The first-order chi connectivity index (χ1) is 7.71. The molecule has 0 aromatic heterocycles. The third-order valence-electron chi connectivity index (χ3n) is 3.07. The van der Waals surface area contributed by atoms with Gasteiger partial charge in [0.05, 0.1) is 0 Å². The first-order valence-corrected chi connectivity index (χ1v) is 6.21. The van der Waals surface area contributed by atoms with Crippen LogP contribution < -0.4 is 10.5 Å². The molecule has 0 fully saturated rings. The van der Waals surface area contributed by atoms with E-state index in [1.807, 2.05) is 13.0 Å². The maximum absolute atomic E-state index is 6.05. The van der Waals surface area contributed by atoms with E-state index in [4.69, 9.17) is 10.5 Å². The molecule has 0 radical (unpaired) electrons. The first-order valence-electron chi connectivity index (χ1n) is 6.21. The van der Waals surface area contributed by atoms with Crippen molar-refractivity contribution in [3.63, 3.8) is 0 Å². The van der Waals surface area contributed by atoms with Crippen molar-refractivity contribution in [2.45, 2.75) is 53.7 Å². The summed E-state index contributed by atoms with van der Waals surface area (Å²) in [5, 5.41) is 0. The molecule has 1 aromatic carbocycles. The largest absolute Gasteiger partial charge is 0.488 e. The molecule has 2 unspecified atom stereocenters. The van der Waals surface area contributed by atoms with Crippen LogP contribution >= 0.6 is 0 Å². The van der Waals surface area contributed by atoms with Crippen LogP contribution in [0.1, 0.15) is 38.8 Å². The van der Waals surface area contributed by atoms with Gasteiger partial charge in [0, 0.05) is 11.5 Å². The lowest BCUT2D eigenvalue weighted by molar-refractivity contribution is 0.0684. The summed E-state index contributed by atoms with van der Waals surface area (Å²) in [5.74, 6) is 0.908. The molecular formula is C15H25NO. The lowest BCUT2D eigenvalue weighted by atomic mass is 9.85. The van der Waals surface area contributed by atoms with Gasteiger partial charge in [0.1, 0.15) is 11.9 Å². The second-order valence-electron chi connectivity index (χ2n) is 6.01. The van der Waals surface area contributed by atoms with Gasteiger partial charge in [-0.2, -0.15) is 0 Å². The number of hydrogen-bond acceptors (Lipinski definition) is 2. The molecule has 0 aliphatic heterocycles. The summed E-state index contributed by atoms with van der Waals surface area (Å²) in [7, 11) is 0. The maximum Gasteiger partial charge on any atom is 0.120 e. The third-order valence-corrected chi connectivity index (χ3v) is 3.07. The Balaban J connectivity index is 2.91. The van der Waals surface area contributed by atoms with Gasteiger partial charge in [0.25, 0.3) is 0 Å². The Kier molecular flexibility index (Phi) is 4.21. The Bertz CT molecular complexity index is 377. The highest BCUT2D eigenvalue weighted by atomic mass is 16.5. The molecule has 96 valence electrons. The van der Waals surface area contributed by atoms with Crippen LogP contribution in [0.5, 0.6) is 5.75 Å². The zero-order chi connectivity index (χ0) is 13.2. The fourth-order valence-corrected chi connectivity index (χ4v) is 2.01. The smallest absolute Gasteiger partial charge is 0.120 e. The second-order valence-corrected chi connectivity index (χ2v) is 6.01. The molecule has 0 amide bonds. The van der Waals surface area contributed by atoms with Gasteiger partial charge in [0.2, 0.25) is 0 Å². The average Bonchev–Trinajstić information content (AvgIpc) is 2.17. The molecule has 0 bridgehead atoms. The Labute approximate surface area is 105 Å². The van der Waals surface area contributed by atoms with Crippen LogP contribution in [0.15, 0.2) is 18.2 Å². The van der Waals surface area contributed by atoms with Crippen LogP contribution in [0.4, 0.5) is 0 Å². The number of ether oxygens (including phenoxy) is 1. The topological polar surface area (TPSA) is 35.2 Å². The molecule has 1 rings (SSSR count). The number of hydrogen-bond donors (Lipinski definition) is 1. The van der Waals surface area contributed by atoms with Crippen LogP contribution in [0, 0.1) is 19.3 Å². The Morgan fingerprint density at radius 1 is 1.12 bits per heavy atom. The lowest BCUT2D eigenvalue weighted by Gasteiger charge is -2.34. The predicted octanol–water partition coefficient (Wildman–Crippen LogP) is 3.44. The average molecular weight is 235 g/mol. The molecule has 1 aromatic rings. The summed E-state index contributed by atoms with van der Waals surface area (Å²) < 4.78 is 6.05. The van der Waals surface area contributed by atoms with Gasteiger partial charge in [-0.15, -0.1) is 0 Å². The first kappa shape index (κ1) is 14.0. The quantitative estimate of drug-likeness (QED) is 0.871. The van der Waals surface area contributed by atoms with Gasteiger partial charge in [0.15, 0.2) is 0 Å². The van der Waals surface area contributed by atoms with Gasteiger partial charge in [-0.25, -0.2) is 0 Å². The minimum atomic E-state index is 0.0107. The van der Waals surface area contributed by atoms with E-state index in [0.29, 0.717) is 0 Å². The zero-order valence-corrected chi connectivity index (χ0v) is 11.9. The van der Waals surface area contributed by atoms with Crippen molar-refractivity contribution in [2.24, 2.45) is 11.1 Å². The molecule has 2 nitrogen and oxygen atoms in total. The fourth-order valence-electron chi connectivity index (χ4n) is 2.01. The molecule has 0 aliphatic carbocycles. The van der Waals surface area contributed by atoms with E-state index in [9.17, 15) is 0 Å². The van der Waals surface area contributed by atoms with E-state index in [2.05, 4.69) is 46.8 Å². The van der Waals surface area contributed by atoms with Crippen molar-refractivity contribution in [3.05, 3.63) is 29.3 Å². The monoisotopic (exact) mass is 235 g/mol. The molecule has 17 heavy (non-hydrogen) atoms. The molecule has 2 atom stereocenters. The summed E-state index contributed by atoms with van der Waals surface area (Å²) in [6.07, 6.45) is 0.0182. The Morgan fingerprint density at radius 2 is 1.71 bits per heavy atom. The maximum atomic E-state index is 6.05. The van der Waals surface area contributed by atoms with Gasteiger partial charge in [-0.05, 0) is 44.0 Å². The van der Waals surface area contributed by atoms with Crippen molar-refractivity contribution in [1.29, 1.82) is 0 Å². The van der Waals surface area contributed by atoms with E-state index in [-0.39, 0.29) is 17.6 Å². The standard InChI is InChI=1S/C15H25NO/c1-10-7-8-13(9-11(10)2)17-14(12(3)16)15(4,5)6/h7-9,12,14H,16H2,1-6H3. The van der Waals surface area contributed by atoms with Crippen LogP contribution in [0.3, 0.4) is 0 Å². The molecule has 0 spiro atoms. The summed E-state index contributed by atoms with van der Waals surface area (Å²) >= 11 is 0. The SMILES string of the molecule is Cc1ccc(OC(C(C)N)C(C)(C)C)cc1C. The van der Waals surface area contributed by atoms with E-state index >= 15 is 0 Å². The van der Waals surface area contributed by atoms with Crippen LogP contribution in [0.2, 0.25) is 0 Å². The Hall–Kier alpha value is -1.02. The molecule has 0 aliphatic rings. The second kappa shape index (κ2) is 5.09. The molecule has 2 heteroatoms. The normalized spacial score (nSPS) is 15.5. The summed E-state index contributed by atoms with van der Waals surface area (Å²) in [6.45, 7) is 12.7. The molecule has 0 heterocycles. The lowest BCUT2D eigenvalue weighted by Crippen LogP contribution is -2.45. The van der Waals surface area contributed by atoms with Crippen LogP contribution in [-0.4, -0.2) is 12.1 Å². The highest BCUT2D eigenvalue weighted by Crippen LogP contribution is 2.27. The highest BCUT2D eigenvalue weighted by molar-refractivity contribution is 5.34. The van der Waals surface area contributed by atoms with E-state index in [1.165, 1.54) is 11.1 Å². The zero-order valence-electron chi connectivity index (χ0n) is 11.9. The predicted molar refractivity (Wildman–Crippen MR) is 73.4 cm³/mol. The van der Waals surface area contributed by atoms with Crippen molar-refractivity contribution >= 4 is 0 Å². The van der Waals surface area contributed by atoms with Gasteiger partial charge >= 0.3 is 0 Å². The van der Waals surface area contributed by atoms with Crippen molar-refractivity contribution in [2.75, 3.05) is 0 Å². The fraction of sp³-hybridized carbons (Fsp3) is 0.600.